The van der Waals surface area contributed by atoms with E-state index in [1.165, 1.54) is 0 Å². The number of halogens is 1. The Morgan fingerprint density at radius 1 is 1.06 bits per heavy atom. The van der Waals surface area contributed by atoms with Gasteiger partial charge >= 0.3 is 5.97 Å². The summed E-state index contributed by atoms with van der Waals surface area (Å²) < 4.78 is 23.6. The van der Waals surface area contributed by atoms with Crippen LogP contribution in [0.2, 0.25) is 5.02 Å². The SMILES string of the molecule is CCOC(=O)c1c(Cc2cc3c(cc2Cl)OCO3)c(-c2ccccc2)nn1Cc1cccc(OC)c1. The van der Waals surface area contributed by atoms with Crippen molar-refractivity contribution < 1.29 is 23.7 Å². The van der Waals surface area contributed by atoms with Gasteiger partial charge in [-0.15, -0.1) is 0 Å². The maximum Gasteiger partial charge on any atom is 0.356 e. The molecule has 4 aromatic rings. The lowest BCUT2D eigenvalue weighted by molar-refractivity contribution is 0.0511. The molecule has 7 nitrogen and oxygen atoms in total. The lowest BCUT2D eigenvalue weighted by atomic mass is 9.98. The van der Waals surface area contributed by atoms with Crippen molar-refractivity contribution in [3.8, 4) is 28.5 Å². The zero-order valence-corrected chi connectivity index (χ0v) is 20.7. The summed E-state index contributed by atoms with van der Waals surface area (Å²) in [5, 5.41) is 5.43. The first-order valence-electron chi connectivity index (χ1n) is 11.6. The number of aromatic nitrogens is 2. The predicted molar refractivity (Wildman–Crippen MR) is 136 cm³/mol. The van der Waals surface area contributed by atoms with E-state index < -0.39 is 5.97 Å². The van der Waals surface area contributed by atoms with E-state index in [9.17, 15) is 4.79 Å². The molecule has 0 atom stereocenters. The second kappa shape index (κ2) is 10.3. The van der Waals surface area contributed by atoms with Gasteiger partial charge in [-0.1, -0.05) is 54.1 Å². The standard InChI is InChI=1S/C28H25ClN2O5/c1-3-34-28(32)27-22(13-20-14-24-25(15-23(20)29)36-17-35-24)26(19-9-5-4-6-10-19)30-31(27)16-18-8-7-11-21(12-18)33-2/h4-12,14-15H,3,13,16-17H2,1-2H3. The first kappa shape index (κ1) is 23.8. The molecule has 5 rings (SSSR count). The van der Waals surface area contributed by atoms with Crippen molar-refractivity contribution in [3.63, 3.8) is 0 Å². The smallest absolute Gasteiger partial charge is 0.356 e. The van der Waals surface area contributed by atoms with Crippen LogP contribution in [-0.2, 0) is 17.7 Å². The van der Waals surface area contributed by atoms with Crippen molar-refractivity contribution in [3.05, 3.63) is 94.1 Å². The van der Waals surface area contributed by atoms with Crippen LogP contribution >= 0.6 is 11.6 Å². The third kappa shape index (κ3) is 4.75. The fraction of sp³-hybridized carbons (Fsp3) is 0.214. The largest absolute Gasteiger partial charge is 0.497 e. The third-order valence-electron chi connectivity index (χ3n) is 5.94. The zero-order chi connectivity index (χ0) is 25.1. The van der Waals surface area contributed by atoms with Crippen LogP contribution in [0.3, 0.4) is 0 Å². The number of carbonyl (C=O) groups is 1. The third-order valence-corrected chi connectivity index (χ3v) is 6.29. The Balaban J connectivity index is 1.66. The Labute approximate surface area is 214 Å². The van der Waals surface area contributed by atoms with Crippen molar-refractivity contribution in [1.29, 1.82) is 0 Å². The quantitative estimate of drug-likeness (QED) is 0.284. The molecule has 0 radical (unpaired) electrons. The number of ether oxygens (including phenoxy) is 4. The number of rotatable bonds is 8. The number of carbonyl (C=O) groups excluding carboxylic acids is 1. The molecule has 184 valence electrons. The van der Waals surface area contributed by atoms with Gasteiger partial charge in [0, 0.05) is 28.6 Å². The number of benzene rings is 3. The molecule has 0 aliphatic carbocycles. The molecule has 0 saturated heterocycles. The summed E-state index contributed by atoms with van der Waals surface area (Å²) >= 11 is 6.63. The molecule has 36 heavy (non-hydrogen) atoms. The van der Waals surface area contributed by atoms with Crippen LogP contribution in [0.25, 0.3) is 11.3 Å². The van der Waals surface area contributed by atoms with Crippen LogP contribution in [0.15, 0.2) is 66.7 Å². The highest BCUT2D eigenvalue weighted by Crippen LogP contribution is 2.39. The van der Waals surface area contributed by atoms with Gasteiger partial charge in [-0.05, 0) is 36.2 Å². The first-order chi connectivity index (χ1) is 17.6. The number of nitrogens with zero attached hydrogens (tertiary/aromatic N) is 2. The van der Waals surface area contributed by atoms with Gasteiger partial charge in [-0.3, -0.25) is 4.68 Å². The number of hydrogen-bond donors (Lipinski definition) is 0. The minimum atomic E-state index is -0.443. The normalized spacial score (nSPS) is 12.0. The van der Waals surface area contributed by atoms with Crippen LogP contribution in [0.1, 0.15) is 34.1 Å². The van der Waals surface area contributed by atoms with Gasteiger partial charge in [-0.2, -0.15) is 5.10 Å². The lowest BCUT2D eigenvalue weighted by Gasteiger charge is -2.11. The van der Waals surface area contributed by atoms with Crippen molar-refractivity contribution in [2.75, 3.05) is 20.5 Å². The molecule has 1 aliphatic heterocycles. The Bertz CT molecular complexity index is 1400. The van der Waals surface area contributed by atoms with Crippen LogP contribution < -0.4 is 14.2 Å². The van der Waals surface area contributed by atoms with Crippen molar-refractivity contribution in [1.82, 2.24) is 9.78 Å². The average molecular weight is 505 g/mol. The Hall–Kier alpha value is -3.97. The van der Waals surface area contributed by atoms with E-state index in [4.69, 9.17) is 35.6 Å². The molecule has 0 bridgehead atoms. The summed E-state index contributed by atoms with van der Waals surface area (Å²) in [4.78, 5) is 13.3. The molecule has 3 aromatic carbocycles. The molecule has 8 heteroatoms. The van der Waals surface area contributed by atoms with E-state index in [1.807, 2.05) is 60.7 Å². The summed E-state index contributed by atoms with van der Waals surface area (Å²) in [5.74, 6) is 1.51. The molecule has 0 N–H and O–H groups in total. The summed E-state index contributed by atoms with van der Waals surface area (Å²) in [5.41, 5.74) is 4.42. The van der Waals surface area contributed by atoms with Gasteiger partial charge in [0.15, 0.2) is 17.2 Å². The maximum atomic E-state index is 13.3. The van der Waals surface area contributed by atoms with Crippen LogP contribution in [0.5, 0.6) is 17.2 Å². The van der Waals surface area contributed by atoms with Gasteiger partial charge < -0.3 is 18.9 Å². The number of esters is 1. The summed E-state index contributed by atoms with van der Waals surface area (Å²) in [6, 6.07) is 21.0. The highest BCUT2D eigenvalue weighted by molar-refractivity contribution is 6.31. The highest BCUT2D eigenvalue weighted by Gasteiger charge is 2.27. The van der Waals surface area contributed by atoms with E-state index in [2.05, 4.69) is 0 Å². The second-order valence-corrected chi connectivity index (χ2v) is 8.65. The van der Waals surface area contributed by atoms with Crippen LogP contribution in [0.4, 0.5) is 0 Å². The molecular weight excluding hydrogens is 480 g/mol. The van der Waals surface area contributed by atoms with Crippen LogP contribution in [0, 0.1) is 0 Å². The van der Waals surface area contributed by atoms with Gasteiger partial charge in [0.2, 0.25) is 6.79 Å². The van der Waals surface area contributed by atoms with E-state index >= 15 is 0 Å². The topological polar surface area (TPSA) is 71.8 Å². The first-order valence-corrected chi connectivity index (χ1v) is 12.0. The number of hydrogen-bond acceptors (Lipinski definition) is 6. The molecular formula is C28H25ClN2O5. The van der Waals surface area contributed by atoms with Gasteiger partial charge in [0.1, 0.15) is 5.75 Å². The fourth-order valence-corrected chi connectivity index (χ4v) is 4.49. The molecule has 0 amide bonds. The van der Waals surface area contributed by atoms with Crippen molar-refractivity contribution >= 4 is 17.6 Å². The molecule has 0 fully saturated rings. The van der Waals surface area contributed by atoms with Crippen molar-refractivity contribution in [2.45, 2.75) is 19.9 Å². The van der Waals surface area contributed by atoms with E-state index in [0.29, 0.717) is 40.9 Å². The van der Waals surface area contributed by atoms with E-state index in [0.717, 1.165) is 28.0 Å². The molecule has 1 aliphatic rings. The minimum Gasteiger partial charge on any atom is -0.497 e. The summed E-state index contributed by atoms with van der Waals surface area (Å²) in [6.07, 6.45) is 0.353. The summed E-state index contributed by atoms with van der Waals surface area (Å²) in [7, 11) is 1.62. The molecule has 2 heterocycles. The predicted octanol–water partition coefficient (Wildman–Crippen LogP) is 5.76. The monoisotopic (exact) mass is 504 g/mol. The second-order valence-electron chi connectivity index (χ2n) is 8.25. The van der Waals surface area contributed by atoms with Gasteiger partial charge in [-0.25, -0.2) is 4.79 Å². The average Bonchev–Trinajstić information content (AvgIpc) is 3.49. The highest BCUT2D eigenvalue weighted by atomic mass is 35.5. The lowest BCUT2D eigenvalue weighted by Crippen LogP contribution is -2.16. The van der Waals surface area contributed by atoms with Gasteiger partial charge in [0.05, 0.1) is 26.0 Å². The maximum absolute atomic E-state index is 13.3. The van der Waals surface area contributed by atoms with Crippen molar-refractivity contribution in [2.24, 2.45) is 0 Å². The number of fused-ring (bicyclic) bond motifs is 1. The fourth-order valence-electron chi connectivity index (χ4n) is 4.27. The molecule has 1 aromatic heterocycles. The zero-order valence-electron chi connectivity index (χ0n) is 20.0. The van der Waals surface area contributed by atoms with Gasteiger partial charge in [0.25, 0.3) is 0 Å². The summed E-state index contributed by atoms with van der Waals surface area (Å²) in [6.45, 7) is 2.54. The Morgan fingerprint density at radius 3 is 2.58 bits per heavy atom. The van der Waals surface area contributed by atoms with Crippen LogP contribution in [-0.4, -0.2) is 36.3 Å². The Morgan fingerprint density at radius 2 is 1.83 bits per heavy atom. The van der Waals surface area contributed by atoms with E-state index in [1.54, 1.807) is 24.8 Å². The Kier molecular flexibility index (Phi) is 6.82. The van der Waals surface area contributed by atoms with E-state index in [-0.39, 0.29) is 13.4 Å². The minimum absolute atomic E-state index is 0.150. The molecule has 0 saturated carbocycles. The number of methoxy groups -OCH3 is 1. The molecule has 0 spiro atoms. The molecule has 0 unspecified atom stereocenters.